The van der Waals surface area contributed by atoms with Gasteiger partial charge in [0.25, 0.3) is 0 Å². The third kappa shape index (κ3) is 6.46. The molecule has 3 fully saturated rings. The molecular formula is C22H36Cl2F3NO3S. The molecule has 0 spiro atoms. The van der Waals surface area contributed by atoms with Gasteiger partial charge in [0.1, 0.15) is 0 Å². The van der Waals surface area contributed by atoms with Crippen molar-refractivity contribution < 1.29 is 26.3 Å². The van der Waals surface area contributed by atoms with Crippen LogP contribution in [0.4, 0.5) is 13.2 Å². The van der Waals surface area contributed by atoms with E-state index in [4.69, 9.17) is 27.9 Å². The lowest BCUT2D eigenvalue weighted by Crippen LogP contribution is -2.49. The molecule has 0 N–H and O–H groups in total. The van der Waals surface area contributed by atoms with E-state index in [9.17, 15) is 21.6 Å². The molecule has 0 bridgehead atoms. The first-order valence-electron chi connectivity index (χ1n) is 12.0. The van der Waals surface area contributed by atoms with Gasteiger partial charge >= 0.3 is 6.18 Å². The van der Waals surface area contributed by atoms with Crippen LogP contribution in [0.3, 0.4) is 0 Å². The van der Waals surface area contributed by atoms with Gasteiger partial charge < -0.3 is 4.74 Å². The maximum Gasteiger partial charge on any atom is 0.391 e. The largest absolute Gasteiger partial charge is 0.391 e. The predicted molar refractivity (Wildman–Crippen MR) is 122 cm³/mol. The molecule has 188 valence electrons. The molecule has 3 saturated carbocycles. The smallest absolute Gasteiger partial charge is 0.378 e. The van der Waals surface area contributed by atoms with Crippen LogP contribution >= 0.6 is 23.2 Å². The first-order valence-corrected chi connectivity index (χ1v) is 14.4. The summed E-state index contributed by atoms with van der Waals surface area (Å²) in [7, 11) is -3.81. The Labute approximate surface area is 200 Å². The zero-order valence-electron chi connectivity index (χ0n) is 18.7. The lowest BCUT2D eigenvalue weighted by Gasteiger charge is -2.40. The van der Waals surface area contributed by atoms with Crippen LogP contribution in [-0.4, -0.2) is 60.2 Å². The minimum atomic E-state index is -4.34. The Hall–Kier alpha value is 0.240. The van der Waals surface area contributed by atoms with E-state index in [1.165, 1.54) is 4.31 Å². The Morgan fingerprint density at radius 2 is 1.56 bits per heavy atom. The summed E-state index contributed by atoms with van der Waals surface area (Å²) in [6.07, 6.45) is 1.68. The van der Waals surface area contributed by atoms with Crippen molar-refractivity contribution in [3.05, 3.63) is 0 Å². The number of alkyl halides is 5. The van der Waals surface area contributed by atoms with Gasteiger partial charge in [-0.05, 0) is 57.8 Å². The highest BCUT2D eigenvalue weighted by atomic mass is 35.5. The van der Waals surface area contributed by atoms with E-state index in [0.717, 1.165) is 32.1 Å². The van der Waals surface area contributed by atoms with Crippen LogP contribution in [0.5, 0.6) is 0 Å². The van der Waals surface area contributed by atoms with Crippen LogP contribution in [0.15, 0.2) is 0 Å². The first-order chi connectivity index (χ1) is 15.0. The summed E-state index contributed by atoms with van der Waals surface area (Å²) in [5.41, 5.74) is 0. The summed E-state index contributed by atoms with van der Waals surface area (Å²) in [5.74, 6) is -1.44. The number of ether oxygens (including phenoxy) is 1. The Bertz CT molecular complexity index is 699. The predicted octanol–water partition coefficient (Wildman–Crippen LogP) is 6.10. The van der Waals surface area contributed by atoms with Crippen molar-refractivity contribution in [1.82, 2.24) is 4.31 Å². The van der Waals surface area contributed by atoms with E-state index in [-0.39, 0.29) is 48.2 Å². The lowest BCUT2D eigenvalue weighted by atomic mass is 9.88. The highest BCUT2D eigenvalue weighted by Gasteiger charge is 2.47. The van der Waals surface area contributed by atoms with E-state index < -0.39 is 27.4 Å². The van der Waals surface area contributed by atoms with Gasteiger partial charge in [0, 0.05) is 29.3 Å². The van der Waals surface area contributed by atoms with Gasteiger partial charge in [0.2, 0.25) is 10.0 Å². The van der Waals surface area contributed by atoms with Gasteiger partial charge in [0.05, 0.1) is 23.9 Å². The van der Waals surface area contributed by atoms with E-state index in [0.29, 0.717) is 32.3 Å². The third-order valence-corrected chi connectivity index (χ3v) is 11.1. The van der Waals surface area contributed by atoms with Gasteiger partial charge in [-0.25, -0.2) is 8.42 Å². The number of rotatable bonds is 7. The van der Waals surface area contributed by atoms with Crippen molar-refractivity contribution >= 4 is 33.2 Å². The molecular weight excluding hydrogens is 486 g/mol. The fraction of sp³-hybridized carbons (Fsp3) is 1.00. The standard InChI is InChI=1S/C22H36Cl2F3NO3S/c1-2-28(32(29,30)18-9-3-6-15(12-18)22(25,26)27)16-7-4-8-17(13-16)31-14-19-20(23)10-5-11-21(19)24/h15-21H,2-14H2,1H3. The van der Waals surface area contributed by atoms with Gasteiger partial charge in [-0.2, -0.15) is 17.5 Å². The molecule has 0 saturated heterocycles. The molecule has 0 aromatic carbocycles. The number of sulfonamides is 1. The van der Waals surface area contributed by atoms with Crippen molar-refractivity contribution in [3.8, 4) is 0 Å². The number of hydrogen-bond donors (Lipinski definition) is 0. The maximum atomic E-state index is 13.4. The molecule has 0 radical (unpaired) electrons. The minimum absolute atomic E-state index is 0.00830. The molecule has 0 aromatic rings. The summed E-state index contributed by atoms with van der Waals surface area (Å²) in [6, 6.07) is -0.236. The average molecular weight is 523 g/mol. The molecule has 0 aliphatic heterocycles. The number of nitrogens with zero attached hydrogens (tertiary/aromatic N) is 1. The molecule has 0 aromatic heterocycles. The molecule has 3 aliphatic carbocycles. The summed E-state index contributed by atoms with van der Waals surface area (Å²) in [4.78, 5) is 0. The molecule has 6 atom stereocenters. The van der Waals surface area contributed by atoms with Crippen LogP contribution in [0.2, 0.25) is 0 Å². The van der Waals surface area contributed by atoms with Crippen LogP contribution in [0.25, 0.3) is 0 Å². The second-order valence-electron chi connectivity index (χ2n) is 9.68. The van der Waals surface area contributed by atoms with Gasteiger partial charge in [0.15, 0.2) is 0 Å². The quantitative estimate of drug-likeness (QED) is 0.380. The van der Waals surface area contributed by atoms with Crippen molar-refractivity contribution in [2.45, 2.75) is 112 Å². The molecule has 0 amide bonds. The van der Waals surface area contributed by atoms with Gasteiger partial charge in [-0.15, -0.1) is 23.2 Å². The van der Waals surface area contributed by atoms with Crippen molar-refractivity contribution in [2.75, 3.05) is 13.2 Å². The van der Waals surface area contributed by atoms with E-state index >= 15 is 0 Å². The number of halogens is 5. The van der Waals surface area contributed by atoms with Crippen molar-refractivity contribution in [1.29, 1.82) is 0 Å². The summed E-state index contributed by atoms with van der Waals surface area (Å²) in [6.45, 7) is 2.50. The highest BCUT2D eigenvalue weighted by Crippen LogP contribution is 2.41. The summed E-state index contributed by atoms with van der Waals surface area (Å²) < 4.78 is 74.1. The molecule has 3 rings (SSSR count). The van der Waals surface area contributed by atoms with Crippen LogP contribution in [0, 0.1) is 11.8 Å². The summed E-state index contributed by atoms with van der Waals surface area (Å²) in [5, 5.41) is -0.975. The zero-order chi connectivity index (χ0) is 23.5. The van der Waals surface area contributed by atoms with Crippen molar-refractivity contribution in [2.24, 2.45) is 11.8 Å². The van der Waals surface area contributed by atoms with Crippen LogP contribution < -0.4 is 0 Å². The monoisotopic (exact) mass is 521 g/mol. The Morgan fingerprint density at radius 1 is 0.938 bits per heavy atom. The average Bonchev–Trinajstić information content (AvgIpc) is 2.73. The van der Waals surface area contributed by atoms with E-state index in [1.54, 1.807) is 6.92 Å². The second kappa shape index (κ2) is 11.3. The molecule has 32 heavy (non-hydrogen) atoms. The normalized spacial score (nSPS) is 37.5. The SMILES string of the molecule is CCN(C1CCCC(OCC2C(Cl)CCCC2Cl)C1)S(=O)(=O)C1CCCC(C(F)(F)F)C1. The van der Waals surface area contributed by atoms with Crippen LogP contribution in [-0.2, 0) is 14.8 Å². The lowest BCUT2D eigenvalue weighted by molar-refractivity contribution is -0.181. The molecule has 10 heteroatoms. The van der Waals surface area contributed by atoms with E-state index in [1.807, 2.05) is 0 Å². The van der Waals surface area contributed by atoms with Crippen molar-refractivity contribution in [3.63, 3.8) is 0 Å². The fourth-order valence-corrected chi connectivity index (χ4v) is 8.87. The molecule has 0 heterocycles. The Balaban J connectivity index is 1.62. The fourth-order valence-electron chi connectivity index (χ4n) is 5.70. The summed E-state index contributed by atoms with van der Waals surface area (Å²) >= 11 is 12.9. The first kappa shape index (κ1) is 26.8. The second-order valence-corrected chi connectivity index (χ2v) is 13.0. The highest BCUT2D eigenvalue weighted by molar-refractivity contribution is 7.89. The van der Waals surface area contributed by atoms with Crippen LogP contribution in [0.1, 0.15) is 77.6 Å². The molecule has 6 unspecified atom stereocenters. The third-order valence-electron chi connectivity index (χ3n) is 7.57. The number of hydrogen-bond acceptors (Lipinski definition) is 3. The maximum absolute atomic E-state index is 13.4. The Kier molecular flexibility index (Phi) is 9.49. The molecule has 4 nitrogen and oxygen atoms in total. The Morgan fingerprint density at radius 3 is 2.19 bits per heavy atom. The van der Waals surface area contributed by atoms with Gasteiger partial charge in [-0.1, -0.05) is 19.8 Å². The van der Waals surface area contributed by atoms with Gasteiger partial charge in [-0.3, -0.25) is 0 Å². The zero-order valence-corrected chi connectivity index (χ0v) is 21.0. The minimum Gasteiger partial charge on any atom is -0.378 e. The topological polar surface area (TPSA) is 46.6 Å². The molecule has 3 aliphatic rings. The van der Waals surface area contributed by atoms with E-state index in [2.05, 4.69) is 0 Å².